The van der Waals surface area contributed by atoms with E-state index in [1.807, 2.05) is 0 Å². The highest BCUT2D eigenvalue weighted by molar-refractivity contribution is 5.76. The molecule has 1 fully saturated rings. The summed E-state index contributed by atoms with van der Waals surface area (Å²) in [4.78, 5) is 14.5. The Morgan fingerprint density at radius 1 is 1.43 bits per heavy atom. The summed E-state index contributed by atoms with van der Waals surface area (Å²) in [5.74, 6) is -8.98. The maximum absolute atomic E-state index is 13.6. The molecular formula is C24H38N2O4. The maximum Gasteiger partial charge on any atom is 0.323 e. The Balaban J connectivity index is 2.31. The number of benzene rings is 1. The summed E-state index contributed by atoms with van der Waals surface area (Å²) < 4.78 is 163. The first-order valence-corrected chi connectivity index (χ1v) is 9.44. The van der Waals surface area contributed by atoms with Crippen LogP contribution in [0.3, 0.4) is 0 Å². The zero-order chi connectivity index (χ0) is 37.6. The van der Waals surface area contributed by atoms with Crippen molar-refractivity contribution in [2.24, 2.45) is 23.5 Å². The number of hydrogen-bond acceptors (Lipinski definition) is 6. The number of fused-ring (bicyclic) bond motifs is 3. The molecule has 0 aliphatic carbocycles. The highest BCUT2D eigenvalue weighted by Gasteiger charge is 2.41. The number of nitrogens with zero attached hydrogens (tertiary/aromatic N) is 1. The van der Waals surface area contributed by atoms with E-state index in [-0.39, 0.29) is 12.3 Å². The second kappa shape index (κ2) is 9.56. The lowest BCUT2D eigenvalue weighted by Gasteiger charge is -2.47. The topological polar surface area (TPSA) is 74.0 Å². The number of piperidine rings is 1. The summed E-state index contributed by atoms with van der Waals surface area (Å²) in [6.07, 6.45) is -6.50. The second-order valence-electron chi connectivity index (χ2n) is 7.58. The monoisotopic (exact) mass is 436 g/mol. The Labute approximate surface area is 206 Å². The molecule has 0 radical (unpaired) electrons. The lowest BCUT2D eigenvalue weighted by molar-refractivity contribution is -0.160. The first kappa shape index (κ1) is 8.99. The molecule has 6 nitrogen and oxygen atoms in total. The SMILES string of the molecule is [2H]c1c(OC)c(OC([2H])([2H])[2H])c([2H])c2c1C1CC([2H])(OC(=O)[C@@]([2H])(N)C([2H])(C([2H])([2H])[2H])C([2H])([2H])[2H])C(CC(C)C)CN1C([2H])([2H])C2([2H])[2H]. The highest BCUT2D eigenvalue weighted by Crippen LogP contribution is 2.44. The van der Waals surface area contributed by atoms with Gasteiger partial charge in [-0.3, -0.25) is 9.69 Å². The standard InChI is InChI=1S/C24H38N2O4/c1-14(2)9-17-13-26-8-7-16-10-21(28-5)22(29-6)11-18(16)19(26)12-20(17)30-24(27)23(25)15(3)4/h10-11,14-15,17,19-20,23H,7-9,12-13,25H2,1-6H3/t17?,19?,20?,23-/m0/s1/i3D3,4D3,5D3,7D2,8D2,10D,11D,15D,20D,23D. The molecule has 168 valence electrons. The molecule has 30 heavy (non-hydrogen) atoms. The van der Waals surface area contributed by atoms with Gasteiger partial charge in [0, 0.05) is 46.5 Å². The van der Waals surface area contributed by atoms with E-state index in [1.54, 1.807) is 13.8 Å². The highest BCUT2D eigenvalue weighted by atomic mass is 16.5. The molecule has 1 saturated heterocycles. The van der Waals surface area contributed by atoms with Gasteiger partial charge in [-0.25, -0.2) is 0 Å². The first-order chi connectivity index (χ1) is 21.2. The third-order valence-corrected chi connectivity index (χ3v) is 5.04. The molecule has 0 aromatic heterocycles. The third kappa shape index (κ3) is 4.75. The van der Waals surface area contributed by atoms with Gasteiger partial charge in [0.05, 0.1) is 23.7 Å². The van der Waals surface area contributed by atoms with Crippen LogP contribution in [-0.2, 0) is 15.9 Å². The van der Waals surface area contributed by atoms with Crippen molar-refractivity contribution in [2.45, 2.75) is 64.9 Å². The summed E-state index contributed by atoms with van der Waals surface area (Å²) >= 11 is 0. The Morgan fingerprint density at radius 2 is 2.20 bits per heavy atom. The molecule has 6 heteroatoms. The van der Waals surface area contributed by atoms with Gasteiger partial charge in [-0.1, -0.05) is 27.6 Å². The fourth-order valence-electron chi connectivity index (χ4n) is 3.66. The van der Waals surface area contributed by atoms with Crippen molar-refractivity contribution in [3.8, 4) is 11.5 Å². The maximum atomic E-state index is 13.6. The molecular weight excluding hydrogens is 380 g/mol. The van der Waals surface area contributed by atoms with E-state index in [2.05, 4.69) is 0 Å². The van der Waals surface area contributed by atoms with Crippen molar-refractivity contribution in [1.29, 1.82) is 0 Å². The average Bonchev–Trinajstić information content (AvgIpc) is 2.87. The number of ether oxygens (including phenoxy) is 3. The van der Waals surface area contributed by atoms with E-state index in [0.29, 0.717) is 0 Å². The summed E-state index contributed by atoms with van der Waals surface area (Å²) in [7, 11) is -2.18. The summed E-state index contributed by atoms with van der Waals surface area (Å²) in [5, 5.41) is 0. The number of carbonyl (C=O) groups is 1. The number of methoxy groups -OCH3 is 2. The lowest BCUT2D eigenvalue weighted by Crippen LogP contribution is -2.51. The van der Waals surface area contributed by atoms with Crippen LogP contribution in [0.4, 0.5) is 0 Å². The molecule has 0 saturated carbocycles. The second-order valence-corrected chi connectivity index (χ2v) is 7.58. The number of hydrogen-bond donors (Lipinski definition) is 1. The minimum atomic E-state index is -3.94. The van der Waals surface area contributed by atoms with Gasteiger partial charge < -0.3 is 19.9 Å². The van der Waals surface area contributed by atoms with Crippen molar-refractivity contribution in [2.75, 3.05) is 27.2 Å². The van der Waals surface area contributed by atoms with Gasteiger partial charge in [-0.2, -0.15) is 0 Å². The van der Waals surface area contributed by atoms with Crippen LogP contribution < -0.4 is 15.2 Å². The van der Waals surface area contributed by atoms with E-state index in [0.717, 1.165) is 12.0 Å². The molecule has 0 amide bonds. The molecule has 2 aliphatic rings. The van der Waals surface area contributed by atoms with Crippen LogP contribution in [0.25, 0.3) is 0 Å². The quantitative estimate of drug-likeness (QED) is 0.659. The van der Waals surface area contributed by atoms with E-state index in [4.69, 9.17) is 43.2 Å². The van der Waals surface area contributed by atoms with Crippen molar-refractivity contribution in [3.63, 3.8) is 0 Å². The number of carbonyl (C=O) groups excluding carboxylic acids is 1. The zero-order valence-corrected chi connectivity index (χ0v) is 17.0. The van der Waals surface area contributed by atoms with Gasteiger partial charge in [0.1, 0.15) is 12.1 Å². The smallest absolute Gasteiger partial charge is 0.323 e. The van der Waals surface area contributed by atoms with Gasteiger partial charge >= 0.3 is 5.97 Å². The Hall–Kier alpha value is -1.79. The molecule has 3 unspecified atom stereocenters. The Kier molecular flexibility index (Phi) is 2.86. The molecule has 2 N–H and O–H groups in total. The van der Waals surface area contributed by atoms with Crippen LogP contribution in [0.1, 0.15) is 82.2 Å². The molecule has 0 bridgehead atoms. The molecule has 2 aliphatic heterocycles. The zero-order valence-electron chi connectivity index (χ0n) is 35.0. The van der Waals surface area contributed by atoms with E-state index >= 15 is 0 Å². The van der Waals surface area contributed by atoms with E-state index in [1.165, 1.54) is 0 Å². The summed E-state index contributed by atoms with van der Waals surface area (Å²) in [6, 6.07) is -7.06. The Morgan fingerprint density at radius 3 is 2.87 bits per heavy atom. The van der Waals surface area contributed by atoms with Gasteiger partial charge in [0.15, 0.2) is 11.5 Å². The van der Waals surface area contributed by atoms with Crippen LogP contribution in [0, 0.1) is 17.7 Å². The normalized spacial score (nSPS) is 42.2. The predicted molar refractivity (Wildman–Crippen MR) is 118 cm³/mol. The average molecular weight is 437 g/mol. The van der Waals surface area contributed by atoms with Gasteiger partial charge in [-0.05, 0) is 47.8 Å². The third-order valence-electron chi connectivity index (χ3n) is 5.04. The van der Waals surface area contributed by atoms with E-state index in [9.17, 15) is 6.17 Å². The van der Waals surface area contributed by atoms with Crippen molar-refractivity contribution in [3.05, 3.63) is 23.2 Å². The van der Waals surface area contributed by atoms with Crippen molar-refractivity contribution < 1.29 is 43.7 Å². The van der Waals surface area contributed by atoms with E-state index < -0.39 is 117 Å². The lowest BCUT2D eigenvalue weighted by atomic mass is 9.79. The minimum Gasteiger partial charge on any atom is -0.493 e. The first-order valence-electron chi connectivity index (χ1n) is 18.4. The molecule has 1 aromatic rings. The van der Waals surface area contributed by atoms with Crippen LogP contribution in [0.15, 0.2) is 12.1 Å². The number of rotatable bonds is 7. The summed E-state index contributed by atoms with van der Waals surface area (Å²) in [5.41, 5.74) is 4.51. The molecule has 2 heterocycles. The minimum absolute atomic E-state index is 0.00181. The van der Waals surface area contributed by atoms with Gasteiger partial charge in [0.25, 0.3) is 0 Å². The fraction of sp³-hybridized carbons (Fsp3) is 0.708. The van der Waals surface area contributed by atoms with Gasteiger partial charge in [-0.15, -0.1) is 0 Å². The van der Waals surface area contributed by atoms with Gasteiger partial charge in [0.2, 0.25) is 0 Å². The largest absolute Gasteiger partial charge is 0.493 e. The van der Waals surface area contributed by atoms with Crippen LogP contribution in [-0.4, -0.2) is 50.2 Å². The van der Waals surface area contributed by atoms with Crippen LogP contribution in [0.5, 0.6) is 11.5 Å². The molecule has 0 spiro atoms. The predicted octanol–water partition coefficient (Wildman–Crippen LogP) is 3.56. The van der Waals surface area contributed by atoms with Crippen LogP contribution in [0.2, 0.25) is 0 Å². The van der Waals surface area contributed by atoms with Crippen LogP contribution >= 0.6 is 0 Å². The van der Waals surface area contributed by atoms with Crippen molar-refractivity contribution >= 4 is 5.97 Å². The fourth-order valence-corrected chi connectivity index (χ4v) is 3.66. The number of esters is 1. The van der Waals surface area contributed by atoms with Crippen molar-refractivity contribution in [1.82, 2.24) is 4.90 Å². The Bertz CT molecular complexity index is 1410. The number of nitrogens with two attached hydrogens (primary N) is 1. The molecule has 3 rings (SSSR count). The molecule has 4 atom stereocenters. The molecule has 1 aromatic carbocycles. The summed E-state index contributed by atoms with van der Waals surface area (Å²) in [6.45, 7) is -7.81.